The summed E-state index contributed by atoms with van der Waals surface area (Å²) < 4.78 is 27.9. The summed E-state index contributed by atoms with van der Waals surface area (Å²) in [7, 11) is -1.38. The quantitative estimate of drug-likeness (QED) is 0.410. The van der Waals surface area contributed by atoms with E-state index in [1.54, 1.807) is 16.6 Å². The maximum atomic E-state index is 13.2. The van der Waals surface area contributed by atoms with Crippen LogP contribution < -0.4 is 10.2 Å². The fourth-order valence-corrected chi connectivity index (χ4v) is 5.64. The number of fused-ring (bicyclic) bond motifs is 1. The van der Waals surface area contributed by atoms with Gasteiger partial charge in [-0.15, -0.1) is 0 Å². The second-order valence-electron chi connectivity index (χ2n) is 8.75. The summed E-state index contributed by atoms with van der Waals surface area (Å²) >= 11 is 6.14. The smallest absolute Gasteiger partial charge is 0.228 e. The van der Waals surface area contributed by atoms with E-state index in [0.717, 1.165) is 43.5 Å². The van der Waals surface area contributed by atoms with Gasteiger partial charge in [-0.1, -0.05) is 48.9 Å². The van der Waals surface area contributed by atoms with Crippen molar-refractivity contribution in [3.05, 3.63) is 53.3 Å². The SMILES string of the molecule is CCCN(Cc1ccccc1)S(=O)(=O)CCNc1nc(N2CCN(C)CC2)nc2cnc(Cl)cc12. The minimum Gasteiger partial charge on any atom is -0.368 e. The summed E-state index contributed by atoms with van der Waals surface area (Å²) in [6.07, 6.45) is 2.37. The molecule has 188 valence electrons. The number of nitrogens with one attached hydrogen (secondary N) is 1. The first kappa shape index (κ1) is 25.6. The van der Waals surface area contributed by atoms with Gasteiger partial charge >= 0.3 is 0 Å². The molecule has 1 N–H and O–H groups in total. The highest BCUT2D eigenvalue weighted by molar-refractivity contribution is 7.89. The lowest BCUT2D eigenvalue weighted by Crippen LogP contribution is -2.45. The van der Waals surface area contributed by atoms with Crippen LogP contribution in [0.4, 0.5) is 11.8 Å². The Morgan fingerprint density at radius 3 is 2.57 bits per heavy atom. The Morgan fingerprint density at radius 1 is 1.11 bits per heavy atom. The molecule has 0 saturated carbocycles. The van der Waals surface area contributed by atoms with E-state index in [1.807, 2.05) is 37.3 Å². The number of aromatic nitrogens is 3. The molecule has 4 rings (SSSR count). The van der Waals surface area contributed by atoms with E-state index < -0.39 is 10.0 Å². The summed E-state index contributed by atoms with van der Waals surface area (Å²) in [6, 6.07) is 11.4. The molecule has 3 aromatic rings. The molecule has 1 aliphatic rings. The number of likely N-dealkylation sites (N-methyl/N-ethyl adjacent to an activating group) is 1. The molecule has 3 heterocycles. The first-order valence-corrected chi connectivity index (χ1v) is 13.9. The zero-order valence-electron chi connectivity index (χ0n) is 20.2. The average Bonchev–Trinajstić information content (AvgIpc) is 2.85. The van der Waals surface area contributed by atoms with Crippen molar-refractivity contribution in [1.82, 2.24) is 24.2 Å². The number of piperazine rings is 1. The van der Waals surface area contributed by atoms with E-state index in [1.165, 1.54) is 0 Å². The van der Waals surface area contributed by atoms with Crippen molar-refractivity contribution in [2.45, 2.75) is 19.9 Å². The van der Waals surface area contributed by atoms with Crippen molar-refractivity contribution in [3.8, 4) is 0 Å². The van der Waals surface area contributed by atoms with Gasteiger partial charge < -0.3 is 15.1 Å². The summed E-state index contributed by atoms with van der Waals surface area (Å²) in [5.41, 5.74) is 1.64. The summed E-state index contributed by atoms with van der Waals surface area (Å²) in [5.74, 6) is 1.12. The van der Waals surface area contributed by atoms with Crippen LogP contribution in [0, 0.1) is 0 Å². The molecule has 11 heteroatoms. The van der Waals surface area contributed by atoms with Crippen molar-refractivity contribution < 1.29 is 8.42 Å². The highest BCUT2D eigenvalue weighted by Crippen LogP contribution is 2.26. The predicted molar refractivity (Wildman–Crippen MR) is 141 cm³/mol. The van der Waals surface area contributed by atoms with Crippen LogP contribution in [0.5, 0.6) is 0 Å². The molecule has 1 aliphatic heterocycles. The topological polar surface area (TPSA) is 94.6 Å². The zero-order valence-corrected chi connectivity index (χ0v) is 21.8. The van der Waals surface area contributed by atoms with Gasteiger partial charge in [0, 0.05) is 51.2 Å². The number of benzene rings is 1. The molecule has 9 nitrogen and oxygen atoms in total. The molecular weight excluding hydrogens is 486 g/mol. The van der Waals surface area contributed by atoms with Crippen molar-refractivity contribution >= 4 is 44.3 Å². The van der Waals surface area contributed by atoms with Gasteiger partial charge in [-0.2, -0.15) is 9.29 Å². The van der Waals surface area contributed by atoms with Gasteiger partial charge in [0.2, 0.25) is 16.0 Å². The highest BCUT2D eigenvalue weighted by Gasteiger charge is 2.22. The van der Waals surface area contributed by atoms with Crippen LogP contribution in [0.2, 0.25) is 5.15 Å². The van der Waals surface area contributed by atoms with Crippen LogP contribution in [-0.4, -0.2) is 84.6 Å². The summed E-state index contributed by atoms with van der Waals surface area (Å²) in [4.78, 5) is 18.0. The summed E-state index contributed by atoms with van der Waals surface area (Å²) in [5, 5.41) is 4.29. The zero-order chi connectivity index (χ0) is 24.8. The molecule has 0 spiro atoms. The molecule has 1 saturated heterocycles. The molecular formula is C24H32ClN7O2S. The lowest BCUT2D eigenvalue weighted by Gasteiger charge is -2.32. The Morgan fingerprint density at radius 2 is 1.86 bits per heavy atom. The van der Waals surface area contributed by atoms with Gasteiger partial charge in [-0.25, -0.2) is 18.4 Å². The van der Waals surface area contributed by atoms with Gasteiger partial charge in [-0.3, -0.25) is 0 Å². The van der Waals surface area contributed by atoms with E-state index in [0.29, 0.717) is 35.5 Å². The highest BCUT2D eigenvalue weighted by atomic mass is 35.5. The van der Waals surface area contributed by atoms with Crippen molar-refractivity contribution in [2.75, 3.05) is 62.3 Å². The van der Waals surface area contributed by atoms with Crippen LogP contribution in [0.15, 0.2) is 42.6 Å². The molecule has 2 aromatic heterocycles. The van der Waals surface area contributed by atoms with Crippen LogP contribution in [0.3, 0.4) is 0 Å². The second kappa shape index (κ2) is 11.5. The van der Waals surface area contributed by atoms with E-state index in [9.17, 15) is 8.42 Å². The predicted octanol–water partition coefficient (Wildman–Crippen LogP) is 3.08. The van der Waals surface area contributed by atoms with Crippen LogP contribution in [-0.2, 0) is 16.6 Å². The first-order chi connectivity index (χ1) is 16.9. The third-order valence-corrected chi connectivity index (χ3v) is 8.07. The van der Waals surface area contributed by atoms with E-state index in [2.05, 4.69) is 27.1 Å². The number of hydrogen-bond donors (Lipinski definition) is 1. The van der Waals surface area contributed by atoms with E-state index in [-0.39, 0.29) is 12.3 Å². The molecule has 0 bridgehead atoms. The van der Waals surface area contributed by atoms with Crippen molar-refractivity contribution in [3.63, 3.8) is 0 Å². The fourth-order valence-electron chi connectivity index (χ4n) is 4.06. The molecule has 0 amide bonds. The third kappa shape index (κ3) is 6.58. The Hall–Kier alpha value is -2.53. The molecule has 35 heavy (non-hydrogen) atoms. The maximum Gasteiger partial charge on any atom is 0.228 e. The average molecular weight is 518 g/mol. The maximum absolute atomic E-state index is 13.2. The van der Waals surface area contributed by atoms with Crippen LogP contribution >= 0.6 is 11.6 Å². The Bertz CT molecular complexity index is 1240. The number of anilines is 2. The number of rotatable bonds is 10. The van der Waals surface area contributed by atoms with Gasteiger partial charge in [0.05, 0.1) is 17.5 Å². The molecule has 0 radical (unpaired) electrons. The van der Waals surface area contributed by atoms with E-state index >= 15 is 0 Å². The Labute approximate surface area is 212 Å². The molecule has 1 aromatic carbocycles. The monoisotopic (exact) mass is 517 g/mol. The first-order valence-electron chi connectivity index (χ1n) is 11.9. The van der Waals surface area contributed by atoms with Gasteiger partial charge in [0.15, 0.2) is 0 Å². The molecule has 0 atom stereocenters. The number of hydrogen-bond acceptors (Lipinski definition) is 8. The largest absolute Gasteiger partial charge is 0.368 e. The normalized spacial score (nSPS) is 15.1. The minimum absolute atomic E-state index is 0.0476. The Balaban J connectivity index is 1.51. The van der Waals surface area contributed by atoms with Gasteiger partial charge in [0.25, 0.3) is 0 Å². The molecule has 1 fully saturated rings. The van der Waals surface area contributed by atoms with Crippen molar-refractivity contribution in [2.24, 2.45) is 0 Å². The number of nitrogens with zero attached hydrogens (tertiary/aromatic N) is 6. The lowest BCUT2D eigenvalue weighted by atomic mass is 10.2. The van der Waals surface area contributed by atoms with Crippen molar-refractivity contribution in [1.29, 1.82) is 0 Å². The third-order valence-electron chi connectivity index (χ3n) is 6.04. The van der Waals surface area contributed by atoms with Crippen LogP contribution in [0.25, 0.3) is 10.9 Å². The van der Waals surface area contributed by atoms with Crippen LogP contribution in [0.1, 0.15) is 18.9 Å². The minimum atomic E-state index is -3.48. The molecule has 0 aliphatic carbocycles. The van der Waals surface area contributed by atoms with Gasteiger partial charge in [0.1, 0.15) is 11.0 Å². The number of halogens is 1. The Kier molecular flexibility index (Phi) is 8.38. The van der Waals surface area contributed by atoms with E-state index in [4.69, 9.17) is 21.6 Å². The molecule has 0 unspecified atom stereocenters. The standard InChI is InChI=1S/C24H32ClN7O2S/c1-3-10-32(18-19-7-5-4-6-8-19)35(33,34)15-9-26-23-20-16-22(25)27-17-21(20)28-24(29-23)31-13-11-30(2)12-14-31/h4-8,16-17H,3,9-15,18H2,1-2H3,(H,26,28,29). The summed E-state index contributed by atoms with van der Waals surface area (Å²) in [6.45, 7) is 6.53. The fraction of sp³-hybridized carbons (Fsp3) is 0.458. The number of pyridine rings is 1. The lowest BCUT2D eigenvalue weighted by molar-refractivity contribution is 0.311. The second-order valence-corrected chi connectivity index (χ2v) is 11.2. The van der Waals surface area contributed by atoms with Gasteiger partial charge in [-0.05, 0) is 25.1 Å². The number of sulfonamides is 1.